The predicted molar refractivity (Wildman–Crippen MR) is 66.1 cm³/mol. The van der Waals surface area contributed by atoms with Gasteiger partial charge < -0.3 is 9.84 Å². The number of aryl methyl sites for hydroxylation is 1. The van der Waals surface area contributed by atoms with Gasteiger partial charge in [-0.3, -0.25) is 14.9 Å². The highest BCUT2D eigenvalue weighted by atomic mass is 16.5. The fourth-order valence-electron chi connectivity index (χ4n) is 1.22. The highest BCUT2D eigenvalue weighted by Crippen LogP contribution is 2.04. The van der Waals surface area contributed by atoms with Crippen molar-refractivity contribution in [1.29, 1.82) is 0 Å². The fraction of sp³-hybridized carbons (Fsp3) is 0.385. The van der Waals surface area contributed by atoms with Gasteiger partial charge in [-0.25, -0.2) is 0 Å². The van der Waals surface area contributed by atoms with E-state index in [0.29, 0.717) is 0 Å². The van der Waals surface area contributed by atoms with E-state index in [-0.39, 0.29) is 13.2 Å². The molecule has 5 nitrogen and oxygen atoms in total. The second-order valence-electron chi connectivity index (χ2n) is 4.09. The minimum Gasteiger partial charge on any atom is -0.480 e. The molecule has 0 aliphatic carbocycles. The number of rotatable bonds is 6. The molecule has 0 aliphatic heterocycles. The Bertz CT molecular complexity index is 414. The van der Waals surface area contributed by atoms with Crippen LogP contribution in [0.1, 0.15) is 18.1 Å². The number of ether oxygens (including phenoxy) is 1. The van der Waals surface area contributed by atoms with Gasteiger partial charge in [0, 0.05) is 0 Å². The summed E-state index contributed by atoms with van der Waals surface area (Å²) in [6.07, 6.45) is 0. The predicted octanol–water partition coefficient (Wildman–Crippen LogP) is 1.10. The third-order valence-corrected chi connectivity index (χ3v) is 2.44. The van der Waals surface area contributed by atoms with Gasteiger partial charge in [0.05, 0.1) is 6.54 Å². The molecule has 0 aliphatic rings. The molecule has 0 fully saturated rings. The van der Waals surface area contributed by atoms with E-state index in [1.807, 2.05) is 31.2 Å². The molecular formula is C13H17NO4. The van der Waals surface area contributed by atoms with E-state index >= 15 is 0 Å². The van der Waals surface area contributed by atoms with Crippen molar-refractivity contribution in [3.05, 3.63) is 35.4 Å². The first-order valence-corrected chi connectivity index (χ1v) is 5.66. The molecule has 0 spiro atoms. The summed E-state index contributed by atoms with van der Waals surface area (Å²) in [5, 5.41) is 11.2. The Morgan fingerprint density at radius 1 is 1.33 bits per heavy atom. The number of nitrogens with one attached hydrogen (secondary N) is 1. The lowest BCUT2D eigenvalue weighted by molar-refractivity contribution is -0.144. The van der Waals surface area contributed by atoms with E-state index in [1.165, 1.54) is 6.92 Å². The van der Waals surface area contributed by atoms with Crippen molar-refractivity contribution < 1.29 is 19.4 Å². The molecule has 98 valence electrons. The maximum atomic E-state index is 11.3. The summed E-state index contributed by atoms with van der Waals surface area (Å²) in [5.74, 6) is -1.47. The third kappa shape index (κ3) is 4.97. The SMILES string of the molecule is Cc1ccc(COC(=O)CNC(C)C(=O)O)cc1. The van der Waals surface area contributed by atoms with Crippen LogP contribution in [-0.4, -0.2) is 29.6 Å². The normalized spacial score (nSPS) is 11.9. The maximum Gasteiger partial charge on any atom is 0.320 e. The molecule has 1 rings (SSSR count). The first-order valence-electron chi connectivity index (χ1n) is 5.66. The molecule has 1 aromatic carbocycles. The molecule has 18 heavy (non-hydrogen) atoms. The van der Waals surface area contributed by atoms with Crippen LogP contribution in [0.4, 0.5) is 0 Å². The molecule has 1 unspecified atom stereocenters. The Morgan fingerprint density at radius 2 is 1.94 bits per heavy atom. The van der Waals surface area contributed by atoms with Crippen LogP contribution in [0.3, 0.4) is 0 Å². The Balaban J connectivity index is 2.29. The molecule has 0 saturated carbocycles. The van der Waals surface area contributed by atoms with Crippen LogP contribution in [0.25, 0.3) is 0 Å². The minimum absolute atomic E-state index is 0.112. The lowest BCUT2D eigenvalue weighted by atomic mass is 10.2. The van der Waals surface area contributed by atoms with Crippen molar-refractivity contribution in [3.63, 3.8) is 0 Å². The fourth-order valence-corrected chi connectivity index (χ4v) is 1.22. The molecule has 0 saturated heterocycles. The summed E-state index contributed by atoms with van der Waals surface area (Å²) < 4.78 is 5.00. The van der Waals surface area contributed by atoms with Crippen LogP contribution in [0.5, 0.6) is 0 Å². The number of carboxylic acid groups (broad SMARTS) is 1. The van der Waals surface area contributed by atoms with Crippen LogP contribution in [-0.2, 0) is 20.9 Å². The molecule has 1 aromatic rings. The topological polar surface area (TPSA) is 75.6 Å². The van der Waals surface area contributed by atoms with Crippen molar-refractivity contribution in [2.75, 3.05) is 6.54 Å². The molecule has 2 N–H and O–H groups in total. The second kappa shape index (κ2) is 6.76. The highest BCUT2D eigenvalue weighted by molar-refractivity contribution is 5.75. The summed E-state index contributed by atoms with van der Waals surface area (Å²) >= 11 is 0. The number of hydrogen-bond donors (Lipinski definition) is 2. The Labute approximate surface area is 106 Å². The quantitative estimate of drug-likeness (QED) is 0.740. The molecule has 0 amide bonds. The number of esters is 1. The van der Waals surface area contributed by atoms with Gasteiger partial charge in [0.15, 0.2) is 0 Å². The van der Waals surface area contributed by atoms with Gasteiger partial charge in [-0.15, -0.1) is 0 Å². The molecule has 1 atom stereocenters. The smallest absolute Gasteiger partial charge is 0.320 e. The van der Waals surface area contributed by atoms with Crippen LogP contribution < -0.4 is 5.32 Å². The maximum absolute atomic E-state index is 11.3. The van der Waals surface area contributed by atoms with Gasteiger partial charge in [0.1, 0.15) is 12.6 Å². The zero-order valence-corrected chi connectivity index (χ0v) is 10.5. The number of carboxylic acids is 1. The number of hydrogen-bond acceptors (Lipinski definition) is 4. The zero-order chi connectivity index (χ0) is 13.5. The number of carbonyl (C=O) groups excluding carboxylic acids is 1. The summed E-state index contributed by atoms with van der Waals surface area (Å²) in [5.41, 5.74) is 2.04. The average molecular weight is 251 g/mol. The molecule has 0 radical (unpaired) electrons. The van der Waals surface area contributed by atoms with E-state index in [2.05, 4.69) is 5.32 Å². The van der Waals surface area contributed by atoms with Gasteiger partial charge in [-0.1, -0.05) is 29.8 Å². The van der Waals surface area contributed by atoms with Gasteiger partial charge in [0.25, 0.3) is 0 Å². The van der Waals surface area contributed by atoms with Crippen molar-refractivity contribution >= 4 is 11.9 Å². The Hall–Kier alpha value is -1.88. The van der Waals surface area contributed by atoms with E-state index in [9.17, 15) is 9.59 Å². The average Bonchev–Trinajstić information content (AvgIpc) is 2.35. The number of carbonyl (C=O) groups is 2. The summed E-state index contributed by atoms with van der Waals surface area (Å²) in [6, 6.07) is 6.88. The van der Waals surface area contributed by atoms with Crippen LogP contribution >= 0.6 is 0 Å². The second-order valence-corrected chi connectivity index (χ2v) is 4.09. The molecule has 5 heteroatoms. The minimum atomic E-state index is -0.999. The van der Waals surface area contributed by atoms with E-state index in [1.54, 1.807) is 0 Å². The molecular weight excluding hydrogens is 234 g/mol. The van der Waals surface area contributed by atoms with E-state index < -0.39 is 18.0 Å². The van der Waals surface area contributed by atoms with Crippen LogP contribution in [0, 0.1) is 6.92 Å². The summed E-state index contributed by atoms with van der Waals surface area (Å²) in [4.78, 5) is 21.8. The van der Waals surface area contributed by atoms with Crippen molar-refractivity contribution in [1.82, 2.24) is 5.32 Å². The Kier molecular flexibility index (Phi) is 5.32. The first-order chi connectivity index (χ1) is 8.49. The molecule has 0 aromatic heterocycles. The molecule has 0 bridgehead atoms. The van der Waals surface area contributed by atoms with Gasteiger partial charge in [-0.05, 0) is 19.4 Å². The van der Waals surface area contributed by atoms with Crippen molar-refractivity contribution in [2.45, 2.75) is 26.5 Å². The van der Waals surface area contributed by atoms with Gasteiger partial charge in [0.2, 0.25) is 0 Å². The zero-order valence-electron chi connectivity index (χ0n) is 10.5. The highest BCUT2D eigenvalue weighted by Gasteiger charge is 2.12. The standard InChI is InChI=1S/C13H17NO4/c1-9-3-5-11(6-4-9)8-18-12(15)7-14-10(2)13(16)17/h3-6,10,14H,7-8H2,1-2H3,(H,16,17). The lowest BCUT2D eigenvalue weighted by Gasteiger charge is -2.09. The lowest BCUT2D eigenvalue weighted by Crippen LogP contribution is -2.37. The largest absolute Gasteiger partial charge is 0.480 e. The summed E-state index contributed by atoms with van der Waals surface area (Å²) in [7, 11) is 0. The summed E-state index contributed by atoms with van der Waals surface area (Å²) in [6.45, 7) is 3.53. The van der Waals surface area contributed by atoms with Crippen LogP contribution in [0.15, 0.2) is 24.3 Å². The number of benzene rings is 1. The van der Waals surface area contributed by atoms with Gasteiger partial charge >= 0.3 is 11.9 Å². The van der Waals surface area contributed by atoms with E-state index in [0.717, 1.165) is 11.1 Å². The van der Waals surface area contributed by atoms with E-state index in [4.69, 9.17) is 9.84 Å². The van der Waals surface area contributed by atoms with Crippen LogP contribution in [0.2, 0.25) is 0 Å². The third-order valence-electron chi connectivity index (χ3n) is 2.44. The van der Waals surface area contributed by atoms with Crippen molar-refractivity contribution in [3.8, 4) is 0 Å². The monoisotopic (exact) mass is 251 g/mol. The number of aliphatic carboxylic acids is 1. The van der Waals surface area contributed by atoms with Crippen molar-refractivity contribution in [2.24, 2.45) is 0 Å². The Morgan fingerprint density at radius 3 is 2.50 bits per heavy atom. The first kappa shape index (κ1) is 14.2. The molecule has 0 heterocycles. The van der Waals surface area contributed by atoms with Gasteiger partial charge in [-0.2, -0.15) is 0 Å².